The third-order valence-corrected chi connectivity index (χ3v) is 5.37. The van der Waals surface area contributed by atoms with E-state index in [1.54, 1.807) is 18.4 Å². The van der Waals surface area contributed by atoms with Crippen molar-refractivity contribution in [3.05, 3.63) is 78.8 Å². The van der Waals surface area contributed by atoms with Crippen LogP contribution < -0.4 is 5.32 Å². The lowest BCUT2D eigenvalue weighted by atomic mass is 10.0. The van der Waals surface area contributed by atoms with Crippen molar-refractivity contribution in [1.29, 1.82) is 0 Å². The molecule has 1 aromatic heterocycles. The summed E-state index contributed by atoms with van der Waals surface area (Å²) >= 11 is 0. The molecule has 8 nitrogen and oxygen atoms in total. The van der Waals surface area contributed by atoms with Crippen LogP contribution in [0.3, 0.4) is 0 Å². The van der Waals surface area contributed by atoms with E-state index in [2.05, 4.69) is 15.0 Å². The first kappa shape index (κ1) is 22.3. The Labute approximate surface area is 191 Å². The highest BCUT2D eigenvalue weighted by Gasteiger charge is 2.28. The first-order valence-electron chi connectivity index (χ1n) is 10.7. The van der Waals surface area contributed by atoms with Gasteiger partial charge < -0.3 is 13.9 Å². The Morgan fingerprint density at radius 1 is 0.909 bits per heavy atom. The van der Waals surface area contributed by atoms with Crippen LogP contribution in [0.5, 0.6) is 0 Å². The molecule has 3 aromatic rings. The summed E-state index contributed by atoms with van der Waals surface area (Å²) in [6.45, 7) is 2.08. The molecule has 2 aromatic carbocycles. The predicted octanol–water partition coefficient (Wildman–Crippen LogP) is 4.23. The number of esters is 2. The maximum absolute atomic E-state index is 12.2. The van der Waals surface area contributed by atoms with Crippen LogP contribution in [-0.4, -0.2) is 42.1 Å². The minimum atomic E-state index is -1.34. The quantitative estimate of drug-likeness (QED) is 0.354. The van der Waals surface area contributed by atoms with Gasteiger partial charge >= 0.3 is 18.0 Å². The smallest absolute Gasteiger partial charge is 0.426 e. The predicted molar refractivity (Wildman–Crippen MR) is 120 cm³/mol. The number of amides is 1. The Balaban J connectivity index is 1.25. The molecule has 0 bridgehead atoms. The van der Waals surface area contributed by atoms with Gasteiger partial charge in [0.05, 0.1) is 18.5 Å². The molecule has 0 aliphatic carbocycles. The van der Waals surface area contributed by atoms with E-state index >= 15 is 0 Å². The third kappa shape index (κ3) is 6.08. The van der Waals surface area contributed by atoms with E-state index in [0.29, 0.717) is 38.2 Å². The molecular weight excluding hydrogens is 424 g/mol. The number of hydrogen-bond donors (Lipinski definition) is 1. The minimum Gasteiger partial charge on any atom is -0.468 e. The van der Waals surface area contributed by atoms with Crippen LogP contribution >= 0.6 is 0 Å². The molecule has 0 saturated carbocycles. The number of rotatable bonds is 5. The molecule has 0 radical (unpaired) electrons. The second-order valence-electron chi connectivity index (χ2n) is 7.67. The Morgan fingerprint density at radius 2 is 1.64 bits per heavy atom. The minimum absolute atomic E-state index is 0.403. The van der Waals surface area contributed by atoms with E-state index in [-0.39, 0.29) is 0 Å². The number of ether oxygens (including phenoxy) is 2. The molecule has 0 unspecified atom stereocenters. The lowest BCUT2D eigenvalue weighted by molar-refractivity contribution is -0.168. The van der Waals surface area contributed by atoms with Crippen molar-refractivity contribution in [2.24, 2.45) is 0 Å². The molecule has 4 rings (SSSR count). The normalized spacial score (nSPS) is 14.4. The second-order valence-corrected chi connectivity index (χ2v) is 7.67. The molecule has 1 amide bonds. The van der Waals surface area contributed by atoms with Gasteiger partial charge in [0.15, 0.2) is 0 Å². The average Bonchev–Trinajstić information content (AvgIpc) is 3.34. The maximum Gasteiger partial charge on any atom is 0.426 e. The van der Waals surface area contributed by atoms with Crippen LogP contribution in [0.15, 0.2) is 77.4 Å². The van der Waals surface area contributed by atoms with Crippen molar-refractivity contribution < 1.29 is 28.3 Å². The number of para-hydroxylation sites is 1. The number of carbonyl (C=O) groups is 3. The molecule has 1 aliphatic rings. The third-order valence-electron chi connectivity index (χ3n) is 5.37. The summed E-state index contributed by atoms with van der Waals surface area (Å²) in [6.07, 6.45) is 1.34. The molecule has 1 fully saturated rings. The van der Waals surface area contributed by atoms with Crippen LogP contribution in [0, 0.1) is 0 Å². The summed E-state index contributed by atoms with van der Waals surface area (Å²) in [5.41, 5.74) is 2.10. The van der Waals surface area contributed by atoms with Gasteiger partial charge in [0.1, 0.15) is 11.9 Å². The summed E-state index contributed by atoms with van der Waals surface area (Å²) in [6, 6.07) is 20.3. The van der Waals surface area contributed by atoms with Gasteiger partial charge in [-0.05, 0) is 36.6 Å². The van der Waals surface area contributed by atoms with Gasteiger partial charge in [-0.3, -0.25) is 10.2 Å². The number of carbonyl (C=O) groups excluding carboxylic acids is 3. The lowest BCUT2D eigenvalue weighted by Gasteiger charge is -2.30. The molecule has 2 heterocycles. The monoisotopic (exact) mass is 448 g/mol. The van der Waals surface area contributed by atoms with Gasteiger partial charge in [-0.25, -0.2) is 14.4 Å². The average molecular weight is 448 g/mol. The summed E-state index contributed by atoms with van der Waals surface area (Å²) in [7, 11) is 0. The van der Waals surface area contributed by atoms with Gasteiger partial charge in [0, 0.05) is 18.7 Å². The van der Waals surface area contributed by atoms with E-state index in [4.69, 9.17) is 9.15 Å². The van der Waals surface area contributed by atoms with Crippen molar-refractivity contribution >= 4 is 23.7 Å². The van der Waals surface area contributed by atoms with Crippen molar-refractivity contribution in [3.63, 3.8) is 0 Å². The Hall–Kier alpha value is -3.91. The van der Waals surface area contributed by atoms with Crippen molar-refractivity contribution in [3.8, 4) is 11.1 Å². The maximum atomic E-state index is 12.2. The molecule has 1 saturated heterocycles. The molecule has 1 N–H and O–H groups in total. The standard InChI is InChI=1S/C25H24N2O6/c28-23(32-19-12-14-27(15-13-19)17-20-9-6-16-31-20)24(29)33-25(30)26-22-11-5-4-10-21(22)18-7-2-1-3-8-18/h1-11,16,19H,12-15,17H2,(H,26,30). The van der Waals surface area contributed by atoms with Gasteiger partial charge in [0.25, 0.3) is 0 Å². The van der Waals surface area contributed by atoms with Gasteiger partial charge in [-0.1, -0.05) is 48.5 Å². The topological polar surface area (TPSA) is 98.1 Å². The summed E-state index contributed by atoms with van der Waals surface area (Å²) in [4.78, 5) is 38.6. The molecule has 8 heteroatoms. The van der Waals surface area contributed by atoms with Crippen molar-refractivity contribution in [2.75, 3.05) is 18.4 Å². The first-order chi connectivity index (χ1) is 16.1. The zero-order chi connectivity index (χ0) is 23.0. The fraction of sp³-hybridized carbons (Fsp3) is 0.240. The number of hydrogen-bond acceptors (Lipinski definition) is 7. The largest absolute Gasteiger partial charge is 0.468 e. The molecular formula is C25H24N2O6. The van der Waals surface area contributed by atoms with Crippen molar-refractivity contribution in [2.45, 2.75) is 25.5 Å². The summed E-state index contributed by atoms with van der Waals surface area (Å²) in [5.74, 6) is -1.65. The molecule has 1 aliphatic heterocycles. The zero-order valence-electron chi connectivity index (χ0n) is 17.9. The molecule has 0 spiro atoms. The van der Waals surface area contributed by atoms with Crippen LogP contribution in [0.25, 0.3) is 11.1 Å². The second kappa shape index (κ2) is 10.6. The lowest BCUT2D eigenvalue weighted by Crippen LogP contribution is -2.38. The van der Waals surface area contributed by atoms with Gasteiger partial charge in [0.2, 0.25) is 0 Å². The highest BCUT2D eigenvalue weighted by molar-refractivity contribution is 6.31. The van der Waals surface area contributed by atoms with Crippen LogP contribution in [-0.2, 0) is 25.6 Å². The van der Waals surface area contributed by atoms with E-state index in [1.807, 2.05) is 54.6 Å². The van der Waals surface area contributed by atoms with Crippen LogP contribution in [0.2, 0.25) is 0 Å². The number of nitrogens with one attached hydrogen (secondary N) is 1. The molecule has 0 atom stereocenters. The molecule has 170 valence electrons. The number of likely N-dealkylation sites (tertiary alicyclic amines) is 1. The van der Waals surface area contributed by atoms with Gasteiger partial charge in [-0.15, -0.1) is 0 Å². The number of piperidine rings is 1. The van der Waals surface area contributed by atoms with Crippen LogP contribution in [0.4, 0.5) is 10.5 Å². The van der Waals surface area contributed by atoms with Crippen molar-refractivity contribution in [1.82, 2.24) is 4.90 Å². The fourth-order valence-corrected chi connectivity index (χ4v) is 3.73. The number of benzene rings is 2. The highest BCUT2D eigenvalue weighted by Crippen LogP contribution is 2.27. The Bertz CT molecular complexity index is 1090. The summed E-state index contributed by atoms with van der Waals surface area (Å²) < 4.78 is 15.2. The fourth-order valence-electron chi connectivity index (χ4n) is 3.73. The SMILES string of the molecule is O=C(Nc1ccccc1-c1ccccc1)OC(=O)C(=O)OC1CCN(Cc2ccco2)CC1. The van der Waals surface area contributed by atoms with E-state index in [9.17, 15) is 14.4 Å². The Morgan fingerprint density at radius 3 is 2.36 bits per heavy atom. The van der Waals surface area contributed by atoms with E-state index in [0.717, 1.165) is 16.9 Å². The number of anilines is 1. The van der Waals surface area contributed by atoms with Crippen LogP contribution in [0.1, 0.15) is 18.6 Å². The number of nitrogens with zero attached hydrogens (tertiary/aromatic N) is 1. The van der Waals surface area contributed by atoms with Gasteiger partial charge in [-0.2, -0.15) is 0 Å². The molecule has 33 heavy (non-hydrogen) atoms. The highest BCUT2D eigenvalue weighted by atomic mass is 16.6. The van der Waals surface area contributed by atoms with E-state index < -0.39 is 24.1 Å². The first-order valence-corrected chi connectivity index (χ1v) is 10.7. The number of furan rings is 1. The zero-order valence-corrected chi connectivity index (χ0v) is 17.9. The Kier molecular flexibility index (Phi) is 7.16. The van der Waals surface area contributed by atoms with E-state index in [1.165, 1.54) is 0 Å². The summed E-state index contributed by atoms with van der Waals surface area (Å²) in [5, 5.41) is 2.52.